The average molecular weight is 329 g/mol. The molecule has 1 aliphatic rings. The van der Waals surface area contributed by atoms with Crippen LogP contribution in [-0.4, -0.2) is 41.8 Å². The molecule has 3 rings (SSSR count). The van der Waals surface area contributed by atoms with Gasteiger partial charge in [-0.15, -0.1) is 0 Å². The highest BCUT2D eigenvalue weighted by molar-refractivity contribution is 5.80. The number of hydrogen-bond donors (Lipinski definition) is 1. The van der Waals surface area contributed by atoms with E-state index < -0.39 is 17.6 Å². The van der Waals surface area contributed by atoms with E-state index in [9.17, 15) is 9.90 Å². The van der Waals surface area contributed by atoms with Gasteiger partial charge >= 0.3 is 5.97 Å². The van der Waals surface area contributed by atoms with Gasteiger partial charge in [-0.2, -0.15) is 0 Å². The first-order chi connectivity index (χ1) is 11.5. The number of aliphatic carboxylic acids is 1. The van der Waals surface area contributed by atoms with E-state index in [4.69, 9.17) is 4.74 Å². The van der Waals surface area contributed by atoms with Crippen molar-refractivity contribution in [3.8, 4) is 5.75 Å². The van der Waals surface area contributed by atoms with Crippen LogP contribution in [0.2, 0.25) is 0 Å². The molecular weight excluding hydrogens is 309 g/mol. The number of carbonyl (C=O) groups is 1. The zero-order valence-corrected chi connectivity index (χ0v) is 13.5. The van der Waals surface area contributed by atoms with E-state index >= 15 is 4.39 Å². The van der Waals surface area contributed by atoms with Crippen LogP contribution in [0.25, 0.3) is 0 Å². The Kier molecular flexibility index (Phi) is 4.53. The summed E-state index contributed by atoms with van der Waals surface area (Å²) in [4.78, 5) is 13.5. The zero-order valence-electron chi connectivity index (χ0n) is 13.5. The SMILES string of the molecule is COc1ccc([C@@H]2CN(Cc3ccccc3)C[C@@]2(F)C(=O)O)cc1. The Bertz CT molecular complexity index is 704. The smallest absolute Gasteiger partial charge is 0.343 e. The molecule has 1 fully saturated rings. The third kappa shape index (κ3) is 3.12. The van der Waals surface area contributed by atoms with Gasteiger partial charge in [-0.1, -0.05) is 42.5 Å². The molecule has 0 spiro atoms. The largest absolute Gasteiger partial charge is 0.497 e. The number of halogens is 1. The van der Waals surface area contributed by atoms with Gasteiger partial charge in [0.05, 0.1) is 7.11 Å². The van der Waals surface area contributed by atoms with Crippen LogP contribution in [0.5, 0.6) is 5.75 Å². The number of hydrogen-bond acceptors (Lipinski definition) is 3. The zero-order chi connectivity index (χ0) is 17.2. The van der Waals surface area contributed by atoms with Gasteiger partial charge in [0.15, 0.2) is 0 Å². The second kappa shape index (κ2) is 6.61. The molecule has 1 aliphatic heterocycles. The van der Waals surface area contributed by atoms with E-state index in [1.807, 2.05) is 35.2 Å². The minimum absolute atomic E-state index is 0.117. The molecule has 2 aromatic rings. The van der Waals surface area contributed by atoms with Crippen molar-refractivity contribution in [2.75, 3.05) is 20.2 Å². The van der Waals surface area contributed by atoms with E-state index in [2.05, 4.69) is 0 Å². The van der Waals surface area contributed by atoms with Crippen molar-refractivity contribution < 1.29 is 19.0 Å². The first-order valence-corrected chi connectivity index (χ1v) is 7.85. The van der Waals surface area contributed by atoms with Gasteiger partial charge in [0.25, 0.3) is 0 Å². The Morgan fingerprint density at radius 2 is 1.92 bits per heavy atom. The maximum absolute atomic E-state index is 15.2. The van der Waals surface area contributed by atoms with Crippen LogP contribution in [0.4, 0.5) is 4.39 Å². The highest BCUT2D eigenvalue weighted by Gasteiger charge is 2.53. The lowest BCUT2D eigenvalue weighted by molar-refractivity contribution is -0.150. The number of carboxylic acids is 1. The lowest BCUT2D eigenvalue weighted by Gasteiger charge is -2.22. The number of rotatable bonds is 5. The third-order valence-electron chi connectivity index (χ3n) is 4.57. The molecule has 1 N–H and O–H groups in total. The summed E-state index contributed by atoms with van der Waals surface area (Å²) in [6.07, 6.45) is 0. The molecule has 2 aromatic carbocycles. The molecule has 0 amide bonds. The van der Waals surface area contributed by atoms with Crippen LogP contribution in [0, 0.1) is 0 Å². The number of nitrogens with zero attached hydrogens (tertiary/aromatic N) is 1. The monoisotopic (exact) mass is 329 g/mol. The third-order valence-corrected chi connectivity index (χ3v) is 4.57. The summed E-state index contributed by atoms with van der Waals surface area (Å²) in [7, 11) is 1.56. The van der Waals surface area contributed by atoms with Crippen LogP contribution in [0.1, 0.15) is 17.0 Å². The van der Waals surface area contributed by atoms with Gasteiger partial charge in [0.1, 0.15) is 5.75 Å². The molecule has 0 saturated carbocycles. The minimum atomic E-state index is -2.29. The van der Waals surface area contributed by atoms with Gasteiger partial charge in [0, 0.05) is 25.6 Å². The fraction of sp³-hybridized carbons (Fsp3) is 0.316. The summed E-state index contributed by atoms with van der Waals surface area (Å²) < 4.78 is 20.4. The first kappa shape index (κ1) is 16.5. The molecule has 0 bridgehead atoms. The molecule has 0 aliphatic carbocycles. The van der Waals surface area contributed by atoms with Gasteiger partial charge < -0.3 is 9.84 Å². The van der Waals surface area contributed by atoms with Gasteiger partial charge in [0.2, 0.25) is 5.67 Å². The highest BCUT2D eigenvalue weighted by atomic mass is 19.1. The predicted octanol–water partition coefficient (Wildman–Crippen LogP) is 3.09. The van der Waals surface area contributed by atoms with Gasteiger partial charge in [-0.25, -0.2) is 9.18 Å². The lowest BCUT2D eigenvalue weighted by Crippen LogP contribution is -2.40. The molecule has 1 saturated heterocycles. The first-order valence-electron chi connectivity index (χ1n) is 7.85. The number of alkyl halides is 1. The summed E-state index contributed by atoms with van der Waals surface area (Å²) >= 11 is 0. The van der Waals surface area contributed by atoms with Crippen LogP contribution in [-0.2, 0) is 11.3 Å². The second-order valence-corrected chi connectivity index (χ2v) is 6.15. The van der Waals surface area contributed by atoms with Crippen molar-refractivity contribution in [1.29, 1.82) is 0 Å². The summed E-state index contributed by atoms with van der Waals surface area (Å²) in [6.45, 7) is 0.782. The minimum Gasteiger partial charge on any atom is -0.497 e. The molecule has 1 heterocycles. The molecule has 0 radical (unpaired) electrons. The maximum atomic E-state index is 15.2. The van der Waals surface area contributed by atoms with Crippen molar-refractivity contribution in [3.05, 3.63) is 65.7 Å². The van der Waals surface area contributed by atoms with Crippen LogP contribution in [0.3, 0.4) is 0 Å². The summed E-state index contributed by atoms with van der Waals surface area (Å²) in [6, 6.07) is 16.6. The molecule has 2 atom stereocenters. The molecular formula is C19H20FNO3. The summed E-state index contributed by atoms with van der Waals surface area (Å²) in [5, 5.41) is 9.46. The van der Waals surface area contributed by atoms with Crippen LogP contribution >= 0.6 is 0 Å². The van der Waals surface area contributed by atoms with Crippen molar-refractivity contribution >= 4 is 5.97 Å². The molecule has 0 aromatic heterocycles. The maximum Gasteiger partial charge on any atom is 0.343 e. The Labute approximate surface area is 140 Å². The number of likely N-dealkylation sites (tertiary alicyclic amines) is 1. The fourth-order valence-corrected chi connectivity index (χ4v) is 3.29. The Morgan fingerprint density at radius 1 is 1.25 bits per heavy atom. The topological polar surface area (TPSA) is 49.8 Å². The fourth-order valence-electron chi connectivity index (χ4n) is 3.29. The van der Waals surface area contributed by atoms with E-state index in [0.29, 0.717) is 24.4 Å². The van der Waals surface area contributed by atoms with Gasteiger partial charge in [-0.3, -0.25) is 4.90 Å². The lowest BCUT2D eigenvalue weighted by atomic mass is 9.86. The predicted molar refractivity (Wildman–Crippen MR) is 88.9 cm³/mol. The highest BCUT2D eigenvalue weighted by Crippen LogP contribution is 2.40. The Balaban J connectivity index is 1.84. The molecule has 4 nitrogen and oxygen atoms in total. The standard InChI is InChI=1S/C19H20FNO3/c1-24-16-9-7-15(8-10-16)17-12-21(13-19(17,20)18(22)23)11-14-5-3-2-4-6-14/h2-10,17H,11-13H2,1H3,(H,22,23)/t17-,19-/m0/s1. The van der Waals surface area contributed by atoms with Crippen LogP contribution in [0.15, 0.2) is 54.6 Å². The molecule has 0 unspecified atom stereocenters. The normalized spacial score (nSPS) is 24.0. The van der Waals surface area contributed by atoms with Crippen LogP contribution < -0.4 is 4.74 Å². The Hall–Kier alpha value is -2.40. The van der Waals surface area contributed by atoms with Crippen molar-refractivity contribution in [3.63, 3.8) is 0 Å². The van der Waals surface area contributed by atoms with Gasteiger partial charge in [-0.05, 0) is 23.3 Å². The number of methoxy groups -OCH3 is 1. The second-order valence-electron chi connectivity index (χ2n) is 6.15. The van der Waals surface area contributed by atoms with E-state index in [1.54, 1.807) is 31.4 Å². The van der Waals surface area contributed by atoms with E-state index in [-0.39, 0.29) is 6.54 Å². The summed E-state index contributed by atoms with van der Waals surface area (Å²) in [5.74, 6) is -1.44. The van der Waals surface area contributed by atoms with E-state index in [1.165, 1.54) is 0 Å². The molecule has 5 heteroatoms. The number of ether oxygens (including phenoxy) is 1. The van der Waals surface area contributed by atoms with Crippen molar-refractivity contribution in [2.24, 2.45) is 0 Å². The molecule has 24 heavy (non-hydrogen) atoms. The quantitative estimate of drug-likeness (QED) is 0.916. The molecule has 126 valence electrons. The average Bonchev–Trinajstić information content (AvgIpc) is 2.93. The van der Waals surface area contributed by atoms with Crippen molar-refractivity contribution in [2.45, 2.75) is 18.1 Å². The summed E-state index contributed by atoms with van der Waals surface area (Å²) in [5.41, 5.74) is -0.569. The number of carboxylic acid groups (broad SMARTS) is 1. The number of benzene rings is 2. The Morgan fingerprint density at radius 3 is 2.50 bits per heavy atom. The van der Waals surface area contributed by atoms with E-state index in [0.717, 1.165) is 5.56 Å². The van der Waals surface area contributed by atoms with Crippen molar-refractivity contribution in [1.82, 2.24) is 4.90 Å².